The Morgan fingerprint density at radius 2 is 2.00 bits per heavy atom. The Labute approximate surface area is 127 Å². The molecule has 0 saturated carbocycles. The smallest absolute Gasteiger partial charge is 0.245 e. The summed E-state index contributed by atoms with van der Waals surface area (Å²) in [7, 11) is 0. The Morgan fingerprint density at radius 3 is 2.62 bits per heavy atom. The molecule has 0 aromatic rings. The van der Waals surface area contributed by atoms with Crippen LogP contribution in [0.25, 0.3) is 0 Å². The number of rotatable bonds is 4. The van der Waals surface area contributed by atoms with Crippen LogP contribution < -0.4 is 5.32 Å². The number of nitrogens with zero attached hydrogens (tertiary/aromatic N) is 1. The molecular weight excluding hydrogens is 268 g/mol. The molecule has 0 bridgehead atoms. The van der Waals surface area contributed by atoms with Crippen LogP contribution in [0.5, 0.6) is 0 Å². The van der Waals surface area contributed by atoms with Crippen molar-refractivity contribution in [2.45, 2.75) is 52.5 Å². The van der Waals surface area contributed by atoms with Gasteiger partial charge in [-0.15, -0.1) is 0 Å². The summed E-state index contributed by atoms with van der Waals surface area (Å²) in [5.74, 6) is 0.466. The maximum Gasteiger partial charge on any atom is 0.245 e. The van der Waals surface area contributed by atoms with Gasteiger partial charge >= 0.3 is 0 Å². The molecule has 21 heavy (non-hydrogen) atoms. The first kappa shape index (κ1) is 16.3. The highest BCUT2D eigenvalue weighted by Gasteiger charge is 2.36. The van der Waals surface area contributed by atoms with E-state index in [1.54, 1.807) is 0 Å². The number of nitrogens with one attached hydrogen (secondary N) is 1. The molecule has 1 atom stereocenters. The van der Waals surface area contributed by atoms with Gasteiger partial charge < -0.3 is 15.0 Å². The molecule has 120 valence electrons. The van der Waals surface area contributed by atoms with Gasteiger partial charge in [0.05, 0.1) is 0 Å². The van der Waals surface area contributed by atoms with Crippen molar-refractivity contribution in [2.75, 3.05) is 26.3 Å². The summed E-state index contributed by atoms with van der Waals surface area (Å²) in [5, 5.41) is 2.88. The standard InChI is InChI=1S/C16H28N2O3/c1-12(2)10-13-15(20)18(7-4-14(19)17-13)11-16(3)5-8-21-9-6-16/h12-13H,4-11H2,1-3H3,(H,17,19). The molecule has 2 aliphatic heterocycles. The van der Waals surface area contributed by atoms with E-state index in [1.807, 2.05) is 4.90 Å². The zero-order chi connectivity index (χ0) is 15.5. The molecule has 0 aliphatic carbocycles. The van der Waals surface area contributed by atoms with Gasteiger partial charge in [-0.05, 0) is 30.6 Å². The van der Waals surface area contributed by atoms with E-state index < -0.39 is 0 Å². The molecule has 0 spiro atoms. The molecule has 5 heteroatoms. The van der Waals surface area contributed by atoms with Crippen molar-refractivity contribution < 1.29 is 14.3 Å². The van der Waals surface area contributed by atoms with Gasteiger partial charge in [0.25, 0.3) is 0 Å². The average Bonchev–Trinajstić information content (AvgIpc) is 2.53. The molecule has 2 saturated heterocycles. The average molecular weight is 296 g/mol. The Kier molecular flexibility index (Phi) is 5.25. The molecule has 0 aromatic carbocycles. The maximum absolute atomic E-state index is 12.7. The molecule has 0 radical (unpaired) electrons. The second-order valence-corrected chi connectivity index (χ2v) is 7.18. The normalized spacial score (nSPS) is 26.7. The van der Waals surface area contributed by atoms with Gasteiger partial charge in [-0.3, -0.25) is 9.59 Å². The highest BCUT2D eigenvalue weighted by molar-refractivity contribution is 5.90. The SMILES string of the molecule is CC(C)CC1NC(=O)CCN(CC2(C)CCOCC2)C1=O. The third-order valence-electron chi connectivity index (χ3n) is 4.53. The number of ether oxygens (including phenoxy) is 1. The van der Waals surface area contributed by atoms with Crippen LogP contribution in [0.15, 0.2) is 0 Å². The lowest BCUT2D eigenvalue weighted by Gasteiger charge is -2.38. The number of hydrogen-bond acceptors (Lipinski definition) is 3. The highest BCUT2D eigenvalue weighted by Crippen LogP contribution is 2.31. The summed E-state index contributed by atoms with van der Waals surface area (Å²) in [6, 6.07) is -0.358. The third-order valence-corrected chi connectivity index (χ3v) is 4.53. The summed E-state index contributed by atoms with van der Waals surface area (Å²) in [6.07, 6.45) is 3.08. The van der Waals surface area contributed by atoms with Crippen molar-refractivity contribution in [1.29, 1.82) is 0 Å². The van der Waals surface area contributed by atoms with E-state index in [4.69, 9.17) is 4.74 Å². The number of hydrogen-bond donors (Lipinski definition) is 1. The lowest BCUT2D eigenvalue weighted by Crippen LogP contribution is -2.49. The third kappa shape index (κ3) is 4.43. The van der Waals surface area contributed by atoms with Gasteiger partial charge in [-0.25, -0.2) is 0 Å². The maximum atomic E-state index is 12.7. The van der Waals surface area contributed by atoms with Crippen molar-refractivity contribution in [1.82, 2.24) is 10.2 Å². The Morgan fingerprint density at radius 1 is 1.33 bits per heavy atom. The van der Waals surface area contributed by atoms with Crippen molar-refractivity contribution in [3.63, 3.8) is 0 Å². The Hall–Kier alpha value is -1.10. The van der Waals surface area contributed by atoms with Gasteiger partial charge in [0, 0.05) is 32.7 Å². The molecule has 2 rings (SSSR count). The first-order chi connectivity index (χ1) is 9.89. The highest BCUT2D eigenvalue weighted by atomic mass is 16.5. The molecule has 1 N–H and O–H groups in total. The summed E-state index contributed by atoms with van der Waals surface area (Å²) in [4.78, 5) is 26.4. The van der Waals surface area contributed by atoms with Crippen LogP contribution in [-0.4, -0.2) is 49.1 Å². The van der Waals surface area contributed by atoms with E-state index in [0.29, 0.717) is 25.3 Å². The van der Waals surface area contributed by atoms with Crippen LogP contribution in [0.4, 0.5) is 0 Å². The molecular formula is C16H28N2O3. The first-order valence-corrected chi connectivity index (χ1v) is 8.05. The Bertz CT molecular complexity index is 389. The van der Waals surface area contributed by atoms with E-state index in [9.17, 15) is 9.59 Å². The second kappa shape index (κ2) is 6.77. The molecule has 2 amide bonds. The topological polar surface area (TPSA) is 58.6 Å². The summed E-state index contributed by atoms with van der Waals surface area (Å²) in [5.41, 5.74) is 0.115. The fourth-order valence-corrected chi connectivity index (χ4v) is 3.17. The minimum Gasteiger partial charge on any atom is -0.381 e. The van der Waals surface area contributed by atoms with Crippen LogP contribution >= 0.6 is 0 Å². The lowest BCUT2D eigenvalue weighted by molar-refractivity contribution is -0.136. The summed E-state index contributed by atoms with van der Waals surface area (Å²) >= 11 is 0. The van der Waals surface area contributed by atoms with Crippen LogP contribution in [0, 0.1) is 11.3 Å². The molecule has 0 aromatic heterocycles. The summed E-state index contributed by atoms with van der Waals surface area (Å²) in [6.45, 7) is 9.19. The number of amides is 2. The minimum absolute atomic E-state index is 0.00590. The lowest BCUT2D eigenvalue weighted by atomic mass is 9.81. The van der Waals surface area contributed by atoms with Crippen molar-refractivity contribution in [3.8, 4) is 0 Å². The van der Waals surface area contributed by atoms with Crippen LogP contribution in [0.3, 0.4) is 0 Å². The Balaban J connectivity index is 2.06. The van der Waals surface area contributed by atoms with Crippen molar-refractivity contribution in [3.05, 3.63) is 0 Å². The first-order valence-electron chi connectivity index (χ1n) is 8.05. The molecule has 2 fully saturated rings. The molecule has 2 aliphatic rings. The fraction of sp³-hybridized carbons (Fsp3) is 0.875. The molecule has 1 unspecified atom stereocenters. The summed E-state index contributed by atoms with van der Waals surface area (Å²) < 4.78 is 5.43. The van der Waals surface area contributed by atoms with Gasteiger partial charge in [0.1, 0.15) is 6.04 Å². The number of carbonyl (C=O) groups is 2. The van der Waals surface area contributed by atoms with E-state index in [0.717, 1.165) is 32.6 Å². The number of carbonyl (C=O) groups excluding carboxylic acids is 2. The van der Waals surface area contributed by atoms with Gasteiger partial charge in [-0.2, -0.15) is 0 Å². The zero-order valence-electron chi connectivity index (χ0n) is 13.5. The molecule has 5 nitrogen and oxygen atoms in total. The van der Waals surface area contributed by atoms with Crippen LogP contribution in [0.1, 0.15) is 46.5 Å². The second-order valence-electron chi connectivity index (χ2n) is 7.18. The molecule has 2 heterocycles. The van der Waals surface area contributed by atoms with E-state index in [2.05, 4.69) is 26.1 Å². The van der Waals surface area contributed by atoms with E-state index >= 15 is 0 Å². The quantitative estimate of drug-likeness (QED) is 0.856. The van der Waals surface area contributed by atoms with Crippen molar-refractivity contribution >= 4 is 11.8 Å². The predicted molar refractivity (Wildman–Crippen MR) is 80.7 cm³/mol. The fourth-order valence-electron chi connectivity index (χ4n) is 3.17. The van der Waals surface area contributed by atoms with E-state index in [1.165, 1.54) is 0 Å². The van der Waals surface area contributed by atoms with Crippen molar-refractivity contribution in [2.24, 2.45) is 11.3 Å². The van der Waals surface area contributed by atoms with Crippen LogP contribution in [-0.2, 0) is 14.3 Å². The van der Waals surface area contributed by atoms with Crippen LogP contribution in [0.2, 0.25) is 0 Å². The monoisotopic (exact) mass is 296 g/mol. The van der Waals surface area contributed by atoms with Gasteiger partial charge in [0.2, 0.25) is 11.8 Å². The van der Waals surface area contributed by atoms with E-state index in [-0.39, 0.29) is 23.3 Å². The minimum atomic E-state index is -0.358. The van der Waals surface area contributed by atoms with Gasteiger partial charge in [0.15, 0.2) is 0 Å². The zero-order valence-corrected chi connectivity index (χ0v) is 13.5. The van der Waals surface area contributed by atoms with Gasteiger partial charge in [-0.1, -0.05) is 20.8 Å². The predicted octanol–water partition coefficient (Wildman–Crippen LogP) is 1.57. The largest absolute Gasteiger partial charge is 0.381 e.